The molecule has 30 heavy (non-hydrogen) atoms. The van der Waals surface area contributed by atoms with Gasteiger partial charge in [-0.15, -0.1) is 0 Å². The molecule has 2 bridgehead atoms. The SMILES string of the molecule is Cn1ncc2cc(-c3n[nH]c4c3CN(C(=O)NC3CCC5CCC3N5)CC4)ccc21. The number of carbonyl (C=O) groups excluding carboxylic acids is 1. The third kappa shape index (κ3) is 2.89. The van der Waals surface area contributed by atoms with Crippen LogP contribution in [0.3, 0.4) is 0 Å². The molecule has 8 nitrogen and oxygen atoms in total. The molecule has 2 fully saturated rings. The lowest BCUT2D eigenvalue weighted by atomic mass is 9.99. The Morgan fingerprint density at radius 1 is 1.23 bits per heavy atom. The first-order chi connectivity index (χ1) is 14.7. The van der Waals surface area contributed by atoms with Crippen molar-refractivity contribution in [2.24, 2.45) is 7.05 Å². The zero-order valence-electron chi connectivity index (χ0n) is 17.2. The van der Waals surface area contributed by atoms with Crippen molar-refractivity contribution >= 4 is 16.9 Å². The van der Waals surface area contributed by atoms with Gasteiger partial charge in [0.1, 0.15) is 0 Å². The van der Waals surface area contributed by atoms with Crippen LogP contribution in [0, 0.1) is 0 Å². The Balaban J connectivity index is 1.22. The van der Waals surface area contributed by atoms with Crippen LogP contribution < -0.4 is 10.6 Å². The molecule has 0 saturated carbocycles. The minimum Gasteiger partial charge on any atom is -0.334 e. The minimum atomic E-state index is 0.0488. The molecule has 1 aromatic carbocycles. The number of aromatic amines is 1. The van der Waals surface area contributed by atoms with Gasteiger partial charge in [-0.25, -0.2) is 4.79 Å². The monoisotopic (exact) mass is 405 g/mol. The number of hydrogen-bond donors (Lipinski definition) is 3. The molecule has 0 spiro atoms. The van der Waals surface area contributed by atoms with Gasteiger partial charge >= 0.3 is 6.03 Å². The third-order valence-electron chi connectivity index (χ3n) is 7.14. The van der Waals surface area contributed by atoms with E-state index in [4.69, 9.17) is 0 Å². The summed E-state index contributed by atoms with van der Waals surface area (Å²) in [5.74, 6) is 0. The maximum absolute atomic E-state index is 13.0. The number of nitrogens with zero attached hydrogens (tertiary/aromatic N) is 4. The van der Waals surface area contributed by atoms with Gasteiger partial charge in [0, 0.05) is 60.3 Å². The zero-order valence-corrected chi connectivity index (χ0v) is 17.2. The summed E-state index contributed by atoms with van der Waals surface area (Å²) >= 11 is 0. The number of rotatable bonds is 2. The summed E-state index contributed by atoms with van der Waals surface area (Å²) in [6.45, 7) is 1.31. The highest BCUT2D eigenvalue weighted by Crippen LogP contribution is 2.31. The Hall–Kier alpha value is -2.87. The molecular formula is C22H27N7O. The summed E-state index contributed by atoms with van der Waals surface area (Å²) in [4.78, 5) is 15.0. The molecule has 0 aliphatic carbocycles. The quantitative estimate of drug-likeness (QED) is 0.610. The molecule has 8 heteroatoms. The molecule has 5 heterocycles. The lowest BCUT2D eigenvalue weighted by Crippen LogP contribution is -2.55. The summed E-state index contributed by atoms with van der Waals surface area (Å²) in [6.07, 6.45) is 7.33. The molecular weight excluding hydrogens is 378 g/mol. The Morgan fingerprint density at radius 3 is 3.07 bits per heavy atom. The first-order valence-corrected chi connectivity index (χ1v) is 11.0. The van der Waals surface area contributed by atoms with E-state index in [1.807, 2.05) is 22.8 Å². The Bertz CT molecular complexity index is 1120. The summed E-state index contributed by atoms with van der Waals surface area (Å²) in [7, 11) is 1.95. The van der Waals surface area contributed by atoms with E-state index in [2.05, 4.69) is 44.1 Å². The van der Waals surface area contributed by atoms with Crippen LogP contribution in [0.25, 0.3) is 22.2 Å². The van der Waals surface area contributed by atoms with E-state index in [1.165, 1.54) is 12.8 Å². The summed E-state index contributed by atoms with van der Waals surface area (Å²) < 4.78 is 1.87. The predicted octanol–water partition coefficient (Wildman–Crippen LogP) is 2.31. The molecule has 6 rings (SSSR count). The fourth-order valence-electron chi connectivity index (χ4n) is 5.42. The van der Waals surface area contributed by atoms with Crippen molar-refractivity contribution in [2.45, 2.75) is 56.8 Å². The van der Waals surface area contributed by atoms with E-state index in [-0.39, 0.29) is 12.1 Å². The maximum atomic E-state index is 13.0. The average Bonchev–Trinajstić information content (AvgIpc) is 3.47. The van der Waals surface area contributed by atoms with E-state index in [9.17, 15) is 4.79 Å². The molecule has 3 N–H and O–H groups in total. The van der Waals surface area contributed by atoms with Crippen LogP contribution in [-0.4, -0.2) is 55.6 Å². The van der Waals surface area contributed by atoms with Crippen LogP contribution in [-0.2, 0) is 20.0 Å². The van der Waals surface area contributed by atoms with Gasteiger partial charge in [0.05, 0.1) is 24.0 Å². The summed E-state index contributed by atoms with van der Waals surface area (Å²) in [5, 5.41) is 20.2. The molecule has 3 unspecified atom stereocenters. The molecule has 3 aliphatic rings. The first kappa shape index (κ1) is 17.9. The second-order valence-electron chi connectivity index (χ2n) is 8.92. The second-order valence-corrected chi connectivity index (χ2v) is 8.92. The van der Waals surface area contributed by atoms with E-state index in [0.29, 0.717) is 18.6 Å². The lowest BCUT2D eigenvalue weighted by molar-refractivity contribution is 0.181. The topological polar surface area (TPSA) is 90.9 Å². The van der Waals surface area contributed by atoms with Crippen LogP contribution in [0.1, 0.15) is 36.9 Å². The first-order valence-electron chi connectivity index (χ1n) is 11.0. The zero-order chi connectivity index (χ0) is 20.2. The molecule has 3 aromatic rings. The van der Waals surface area contributed by atoms with Crippen molar-refractivity contribution < 1.29 is 4.79 Å². The minimum absolute atomic E-state index is 0.0488. The van der Waals surface area contributed by atoms with Crippen molar-refractivity contribution in [1.29, 1.82) is 0 Å². The highest BCUT2D eigenvalue weighted by molar-refractivity contribution is 5.84. The molecule has 2 aromatic heterocycles. The average molecular weight is 406 g/mol. The highest BCUT2D eigenvalue weighted by atomic mass is 16.2. The van der Waals surface area contributed by atoms with Crippen LogP contribution in [0.5, 0.6) is 0 Å². The van der Waals surface area contributed by atoms with Gasteiger partial charge in [0.15, 0.2) is 0 Å². The van der Waals surface area contributed by atoms with Crippen molar-refractivity contribution in [3.8, 4) is 11.3 Å². The number of fused-ring (bicyclic) bond motifs is 4. The van der Waals surface area contributed by atoms with E-state index in [0.717, 1.165) is 59.2 Å². The van der Waals surface area contributed by atoms with Crippen molar-refractivity contribution in [3.63, 3.8) is 0 Å². The van der Waals surface area contributed by atoms with E-state index >= 15 is 0 Å². The smallest absolute Gasteiger partial charge is 0.317 e. The van der Waals surface area contributed by atoms with Crippen LogP contribution in [0.2, 0.25) is 0 Å². The fraction of sp³-hybridized carbons (Fsp3) is 0.500. The number of H-pyrrole nitrogens is 1. The number of benzene rings is 1. The molecule has 0 radical (unpaired) electrons. The standard InChI is InChI=1S/C22H27N7O/c1-28-20-7-2-13(10-14(20)11-23-28)21-16-12-29(9-8-17(16)26-27-21)22(30)25-19-6-4-15-3-5-18(19)24-15/h2,7,10-11,15,18-19,24H,3-6,8-9,12H2,1H3,(H,25,30)(H,26,27). The second kappa shape index (κ2) is 6.84. The van der Waals surface area contributed by atoms with Gasteiger partial charge < -0.3 is 15.5 Å². The number of hydrogen-bond acceptors (Lipinski definition) is 4. The Kier molecular flexibility index (Phi) is 4.09. The van der Waals surface area contributed by atoms with Crippen LogP contribution in [0.4, 0.5) is 4.79 Å². The van der Waals surface area contributed by atoms with Crippen molar-refractivity contribution in [3.05, 3.63) is 35.7 Å². The van der Waals surface area contributed by atoms with Gasteiger partial charge in [-0.05, 0) is 37.8 Å². The number of piperidine rings is 1. The third-order valence-corrected chi connectivity index (χ3v) is 7.14. The highest BCUT2D eigenvalue weighted by Gasteiger charge is 2.37. The predicted molar refractivity (Wildman–Crippen MR) is 114 cm³/mol. The molecule has 3 atom stereocenters. The van der Waals surface area contributed by atoms with Gasteiger partial charge in [-0.2, -0.15) is 10.2 Å². The number of nitrogens with one attached hydrogen (secondary N) is 3. The van der Waals surface area contributed by atoms with Gasteiger partial charge in [-0.1, -0.05) is 6.07 Å². The van der Waals surface area contributed by atoms with Crippen molar-refractivity contribution in [2.75, 3.05) is 6.54 Å². The Labute approximate surface area is 175 Å². The fourth-order valence-corrected chi connectivity index (χ4v) is 5.42. The van der Waals surface area contributed by atoms with Gasteiger partial charge in [-0.3, -0.25) is 9.78 Å². The molecule has 3 aliphatic heterocycles. The lowest BCUT2D eigenvalue weighted by Gasteiger charge is -2.34. The summed E-state index contributed by atoms with van der Waals surface area (Å²) in [6, 6.07) is 7.68. The van der Waals surface area contributed by atoms with E-state index < -0.39 is 0 Å². The maximum Gasteiger partial charge on any atom is 0.317 e. The molecule has 156 valence electrons. The number of carbonyl (C=O) groups is 1. The number of aromatic nitrogens is 4. The molecule has 2 saturated heterocycles. The summed E-state index contributed by atoms with van der Waals surface area (Å²) in [5.41, 5.74) is 5.36. The molecule has 2 amide bonds. The van der Waals surface area contributed by atoms with Gasteiger partial charge in [0.2, 0.25) is 0 Å². The van der Waals surface area contributed by atoms with Crippen LogP contribution in [0.15, 0.2) is 24.4 Å². The van der Waals surface area contributed by atoms with E-state index in [1.54, 1.807) is 0 Å². The Morgan fingerprint density at radius 2 is 2.13 bits per heavy atom. The largest absolute Gasteiger partial charge is 0.334 e. The van der Waals surface area contributed by atoms with Gasteiger partial charge in [0.25, 0.3) is 0 Å². The normalized spacial score (nSPS) is 25.5. The number of amides is 2. The number of urea groups is 1. The van der Waals surface area contributed by atoms with Crippen molar-refractivity contribution in [1.82, 2.24) is 35.5 Å². The number of aryl methyl sites for hydroxylation is 1. The van der Waals surface area contributed by atoms with Crippen LogP contribution >= 0.6 is 0 Å².